The number of ether oxygens (including phenoxy) is 1. The average Bonchev–Trinajstić information content (AvgIpc) is 2.90. The highest BCUT2D eigenvalue weighted by Crippen LogP contribution is 2.33. The van der Waals surface area contributed by atoms with Gasteiger partial charge in [-0.2, -0.15) is 13.2 Å². The SMILES string of the molecule is COc1cc(-c2ccc(C(F)(F)F)cc2)nc2cc(C(=O)N[C@@H](CO)c3ccc(C(=O)O)cc3)ccc12. The van der Waals surface area contributed by atoms with E-state index in [-0.39, 0.29) is 11.1 Å². The van der Waals surface area contributed by atoms with Crippen molar-refractivity contribution in [3.63, 3.8) is 0 Å². The number of aromatic nitrogens is 1. The number of alkyl halides is 3. The first kappa shape index (κ1) is 25.6. The predicted octanol–water partition coefficient (Wildman–Crippen LogP) is 5.09. The van der Waals surface area contributed by atoms with Crippen molar-refractivity contribution in [2.24, 2.45) is 0 Å². The average molecular weight is 510 g/mol. The van der Waals surface area contributed by atoms with Crippen LogP contribution in [-0.2, 0) is 6.18 Å². The number of pyridine rings is 1. The predicted molar refractivity (Wildman–Crippen MR) is 129 cm³/mol. The number of nitrogens with one attached hydrogen (secondary N) is 1. The highest BCUT2D eigenvalue weighted by molar-refractivity contribution is 5.99. The molecule has 0 aliphatic rings. The third kappa shape index (κ3) is 5.54. The van der Waals surface area contributed by atoms with Gasteiger partial charge >= 0.3 is 12.1 Å². The van der Waals surface area contributed by atoms with E-state index in [1.165, 1.54) is 49.6 Å². The number of hydrogen-bond acceptors (Lipinski definition) is 5. The number of carboxylic acids is 1. The lowest BCUT2D eigenvalue weighted by atomic mass is 10.0. The number of carbonyl (C=O) groups is 2. The molecule has 0 fully saturated rings. The molecule has 0 spiro atoms. The van der Waals surface area contributed by atoms with Crippen LogP contribution in [0, 0.1) is 0 Å². The second-order valence-corrected chi connectivity index (χ2v) is 8.15. The Bertz CT molecular complexity index is 1450. The zero-order valence-electron chi connectivity index (χ0n) is 19.4. The van der Waals surface area contributed by atoms with Gasteiger partial charge in [-0.1, -0.05) is 24.3 Å². The number of aliphatic hydroxyl groups excluding tert-OH is 1. The quantitative estimate of drug-likeness (QED) is 0.320. The van der Waals surface area contributed by atoms with Crippen LogP contribution in [0.3, 0.4) is 0 Å². The normalized spacial score (nSPS) is 12.2. The minimum atomic E-state index is -4.46. The largest absolute Gasteiger partial charge is 0.496 e. The number of carbonyl (C=O) groups excluding carboxylic acids is 1. The molecule has 1 amide bonds. The zero-order chi connectivity index (χ0) is 26.7. The number of benzene rings is 3. The molecule has 0 radical (unpaired) electrons. The Labute approximate surface area is 209 Å². The molecule has 0 aliphatic heterocycles. The number of carboxylic acid groups (broad SMARTS) is 1. The first-order valence-corrected chi connectivity index (χ1v) is 11.0. The molecule has 7 nitrogen and oxygen atoms in total. The van der Waals surface area contributed by atoms with Gasteiger partial charge in [0.05, 0.1) is 42.1 Å². The molecule has 0 unspecified atom stereocenters. The highest BCUT2D eigenvalue weighted by Gasteiger charge is 2.30. The molecule has 37 heavy (non-hydrogen) atoms. The van der Waals surface area contributed by atoms with Crippen molar-refractivity contribution in [2.45, 2.75) is 12.2 Å². The van der Waals surface area contributed by atoms with E-state index in [0.717, 1.165) is 12.1 Å². The third-order valence-corrected chi connectivity index (χ3v) is 5.81. The Hall–Kier alpha value is -4.44. The Kier molecular flexibility index (Phi) is 7.12. The van der Waals surface area contributed by atoms with E-state index in [4.69, 9.17) is 9.84 Å². The van der Waals surface area contributed by atoms with Crippen molar-refractivity contribution < 1.29 is 37.7 Å². The van der Waals surface area contributed by atoms with Crippen LogP contribution in [0.25, 0.3) is 22.2 Å². The van der Waals surface area contributed by atoms with Crippen LogP contribution in [0.2, 0.25) is 0 Å². The zero-order valence-corrected chi connectivity index (χ0v) is 19.4. The molecule has 0 saturated heterocycles. The smallest absolute Gasteiger partial charge is 0.416 e. The molecule has 3 aromatic carbocycles. The van der Waals surface area contributed by atoms with E-state index in [9.17, 15) is 27.9 Å². The fourth-order valence-electron chi connectivity index (χ4n) is 3.82. The van der Waals surface area contributed by atoms with E-state index in [2.05, 4.69) is 10.3 Å². The molecule has 3 N–H and O–H groups in total. The summed E-state index contributed by atoms with van der Waals surface area (Å²) in [6.07, 6.45) is -4.46. The maximum absolute atomic E-state index is 13.0. The number of nitrogens with zero attached hydrogens (tertiary/aromatic N) is 1. The van der Waals surface area contributed by atoms with Gasteiger partial charge in [-0.15, -0.1) is 0 Å². The number of aromatic carboxylic acids is 1. The van der Waals surface area contributed by atoms with E-state index in [0.29, 0.717) is 33.5 Å². The van der Waals surface area contributed by atoms with Gasteiger partial charge in [-0.3, -0.25) is 4.79 Å². The van der Waals surface area contributed by atoms with Gasteiger partial charge in [0.15, 0.2) is 0 Å². The maximum Gasteiger partial charge on any atom is 0.416 e. The Balaban J connectivity index is 1.64. The van der Waals surface area contributed by atoms with E-state index < -0.39 is 36.3 Å². The van der Waals surface area contributed by atoms with Crippen molar-refractivity contribution in [2.75, 3.05) is 13.7 Å². The number of fused-ring (bicyclic) bond motifs is 1. The van der Waals surface area contributed by atoms with Crippen molar-refractivity contribution in [1.82, 2.24) is 10.3 Å². The number of hydrogen-bond donors (Lipinski definition) is 3. The monoisotopic (exact) mass is 510 g/mol. The van der Waals surface area contributed by atoms with Crippen LogP contribution in [0.15, 0.2) is 72.8 Å². The summed E-state index contributed by atoms with van der Waals surface area (Å²) in [6, 6.07) is 15.9. The molecule has 4 aromatic rings. The first-order chi connectivity index (χ1) is 17.6. The molecular weight excluding hydrogens is 489 g/mol. The highest BCUT2D eigenvalue weighted by atomic mass is 19.4. The van der Waals surface area contributed by atoms with Crippen LogP contribution < -0.4 is 10.1 Å². The van der Waals surface area contributed by atoms with Crippen LogP contribution in [0.5, 0.6) is 5.75 Å². The van der Waals surface area contributed by atoms with Crippen LogP contribution >= 0.6 is 0 Å². The summed E-state index contributed by atoms with van der Waals surface area (Å²) in [4.78, 5) is 28.5. The van der Waals surface area contributed by atoms with Crippen molar-refractivity contribution in [3.8, 4) is 17.0 Å². The molecule has 190 valence electrons. The maximum atomic E-state index is 13.0. The molecule has 10 heteroatoms. The Morgan fingerprint density at radius 1 is 0.973 bits per heavy atom. The number of halogens is 3. The lowest BCUT2D eigenvalue weighted by Crippen LogP contribution is -2.30. The lowest BCUT2D eigenvalue weighted by molar-refractivity contribution is -0.137. The number of aliphatic hydroxyl groups is 1. The van der Waals surface area contributed by atoms with Crippen molar-refractivity contribution in [1.29, 1.82) is 0 Å². The van der Waals surface area contributed by atoms with Crippen LogP contribution in [-0.4, -0.2) is 40.8 Å². The second-order valence-electron chi connectivity index (χ2n) is 8.15. The van der Waals surface area contributed by atoms with Gasteiger partial charge in [0.25, 0.3) is 5.91 Å². The summed E-state index contributed by atoms with van der Waals surface area (Å²) in [7, 11) is 1.45. The van der Waals surface area contributed by atoms with Gasteiger partial charge in [0.1, 0.15) is 5.75 Å². The fourth-order valence-corrected chi connectivity index (χ4v) is 3.82. The topological polar surface area (TPSA) is 109 Å². The van der Waals surface area contributed by atoms with Crippen molar-refractivity contribution in [3.05, 3.63) is 95.1 Å². The summed E-state index contributed by atoms with van der Waals surface area (Å²) in [5, 5.41) is 22.1. The lowest BCUT2D eigenvalue weighted by Gasteiger charge is -2.17. The molecule has 0 bridgehead atoms. The van der Waals surface area contributed by atoms with Crippen LogP contribution in [0.4, 0.5) is 13.2 Å². The Morgan fingerprint density at radius 2 is 1.62 bits per heavy atom. The van der Waals surface area contributed by atoms with E-state index >= 15 is 0 Å². The van der Waals surface area contributed by atoms with E-state index in [1.54, 1.807) is 18.2 Å². The Morgan fingerprint density at radius 3 is 2.19 bits per heavy atom. The molecule has 0 aliphatic carbocycles. The summed E-state index contributed by atoms with van der Waals surface area (Å²) in [5.41, 5.74) is 1.23. The summed E-state index contributed by atoms with van der Waals surface area (Å²) >= 11 is 0. The third-order valence-electron chi connectivity index (χ3n) is 5.81. The number of methoxy groups -OCH3 is 1. The molecular formula is C27H21F3N2O5. The number of amides is 1. The molecule has 1 atom stereocenters. The van der Waals surface area contributed by atoms with Gasteiger partial charge in [0, 0.05) is 22.6 Å². The molecule has 4 rings (SSSR count). The van der Waals surface area contributed by atoms with Crippen molar-refractivity contribution >= 4 is 22.8 Å². The first-order valence-electron chi connectivity index (χ1n) is 11.0. The van der Waals surface area contributed by atoms with Crippen LogP contribution in [0.1, 0.15) is 37.9 Å². The molecule has 1 heterocycles. The van der Waals surface area contributed by atoms with Gasteiger partial charge in [-0.25, -0.2) is 9.78 Å². The summed E-state index contributed by atoms with van der Waals surface area (Å²) in [6.45, 7) is -0.421. The second kappa shape index (κ2) is 10.3. The fraction of sp³-hybridized carbons (Fsp3) is 0.148. The van der Waals surface area contributed by atoms with Gasteiger partial charge < -0.3 is 20.3 Å². The number of rotatable bonds is 7. The summed E-state index contributed by atoms with van der Waals surface area (Å²) in [5.74, 6) is -1.17. The van der Waals surface area contributed by atoms with Gasteiger partial charge in [-0.05, 0) is 48.0 Å². The standard InChI is InChI=1S/C27H21F3N2O5/c1-37-24-13-21(15-6-9-19(10-7-15)27(28,29)30)31-22-12-18(8-11-20(22)24)25(34)32-23(14-33)16-2-4-17(5-3-16)26(35)36/h2-13,23,33H,14H2,1H3,(H,32,34)(H,35,36)/t23-/m0/s1. The minimum Gasteiger partial charge on any atom is -0.496 e. The molecule has 1 aromatic heterocycles. The van der Waals surface area contributed by atoms with Gasteiger partial charge in [0.2, 0.25) is 0 Å². The molecule has 0 saturated carbocycles. The summed E-state index contributed by atoms with van der Waals surface area (Å²) < 4.78 is 44.2. The minimum absolute atomic E-state index is 0.0742. The van der Waals surface area contributed by atoms with E-state index in [1.807, 2.05) is 0 Å².